The van der Waals surface area contributed by atoms with Crippen LogP contribution in [-0.2, 0) is 6.42 Å². The number of nitrogens with zero attached hydrogens (tertiary/aromatic N) is 1. The lowest BCUT2D eigenvalue weighted by Crippen LogP contribution is -1.95. The Bertz CT molecular complexity index is 538. The Labute approximate surface area is 115 Å². The molecule has 3 nitrogen and oxygen atoms in total. The zero-order valence-corrected chi connectivity index (χ0v) is 12.4. The Morgan fingerprint density at radius 2 is 1.74 bits per heavy atom. The van der Waals surface area contributed by atoms with Crippen LogP contribution in [0.4, 0.5) is 0 Å². The van der Waals surface area contributed by atoms with Gasteiger partial charge in [0, 0.05) is 19.0 Å². The van der Waals surface area contributed by atoms with E-state index >= 15 is 0 Å². The molecule has 0 bridgehead atoms. The summed E-state index contributed by atoms with van der Waals surface area (Å²) in [4.78, 5) is 18.8. The number of aromatic nitrogens is 2. The molecule has 2 rings (SSSR count). The van der Waals surface area contributed by atoms with E-state index in [1.54, 1.807) is 6.92 Å². The summed E-state index contributed by atoms with van der Waals surface area (Å²) < 4.78 is 0. The lowest BCUT2D eigenvalue weighted by atomic mass is 10.1. The molecule has 0 saturated carbocycles. The fourth-order valence-electron chi connectivity index (χ4n) is 1.85. The number of benzene rings is 1. The predicted octanol–water partition coefficient (Wildman–Crippen LogP) is 3.85. The maximum Gasteiger partial charge on any atom is 0.179 e. The van der Waals surface area contributed by atoms with Gasteiger partial charge in [-0.2, -0.15) is 0 Å². The van der Waals surface area contributed by atoms with Gasteiger partial charge in [0.05, 0.1) is 0 Å². The largest absolute Gasteiger partial charge is 0.345 e. The highest BCUT2D eigenvalue weighted by molar-refractivity contribution is 5.93. The molecule has 0 spiro atoms. The molecule has 3 heteroatoms. The smallest absolute Gasteiger partial charge is 0.179 e. The maximum atomic E-state index is 11.3. The number of aryl methyl sites for hydroxylation is 2. The first-order valence-electron chi connectivity index (χ1n) is 6.68. The van der Waals surface area contributed by atoms with E-state index in [0.29, 0.717) is 5.69 Å². The van der Waals surface area contributed by atoms with Crippen LogP contribution in [0, 0.1) is 13.8 Å². The minimum Gasteiger partial charge on any atom is -0.345 e. The van der Waals surface area contributed by atoms with Crippen molar-refractivity contribution >= 4 is 5.78 Å². The first-order chi connectivity index (χ1) is 9.06. The molecule has 0 fully saturated rings. The van der Waals surface area contributed by atoms with Crippen LogP contribution >= 0.6 is 0 Å². The average molecular weight is 258 g/mol. The molecule has 2 aromatic rings. The summed E-state index contributed by atoms with van der Waals surface area (Å²) in [6, 6.07) is 8.33. The van der Waals surface area contributed by atoms with Gasteiger partial charge in [-0.25, -0.2) is 4.98 Å². The summed E-state index contributed by atoms with van der Waals surface area (Å²) in [5, 5.41) is 0. The first kappa shape index (κ1) is 15.2. The van der Waals surface area contributed by atoms with E-state index in [4.69, 9.17) is 0 Å². The number of Topliss-reactive ketones (excluding diaryl/α,β-unsaturated/α-hetero) is 1. The van der Waals surface area contributed by atoms with Gasteiger partial charge >= 0.3 is 0 Å². The third-order valence-corrected chi connectivity index (χ3v) is 2.76. The van der Waals surface area contributed by atoms with Crippen molar-refractivity contribution in [2.24, 2.45) is 0 Å². The molecule has 1 aromatic carbocycles. The topological polar surface area (TPSA) is 45.8 Å². The van der Waals surface area contributed by atoms with Crippen LogP contribution in [-0.4, -0.2) is 15.8 Å². The van der Waals surface area contributed by atoms with E-state index in [1.165, 1.54) is 11.1 Å². The Balaban J connectivity index is 0.000000861. The second-order valence-corrected chi connectivity index (χ2v) is 4.38. The van der Waals surface area contributed by atoms with E-state index in [1.807, 2.05) is 20.8 Å². The fraction of sp³-hybridized carbons (Fsp3) is 0.375. The number of aromatic amines is 1. The minimum absolute atomic E-state index is 0.00825. The van der Waals surface area contributed by atoms with E-state index in [2.05, 4.69) is 41.2 Å². The lowest BCUT2D eigenvalue weighted by Gasteiger charge is -1.98. The summed E-state index contributed by atoms with van der Waals surface area (Å²) in [7, 11) is 0. The van der Waals surface area contributed by atoms with E-state index in [9.17, 15) is 4.79 Å². The number of nitrogens with one attached hydrogen (secondary N) is 1. The third kappa shape index (κ3) is 4.05. The first-order valence-corrected chi connectivity index (χ1v) is 6.68. The summed E-state index contributed by atoms with van der Waals surface area (Å²) in [6.07, 6.45) is 0.731. The Morgan fingerprint density at radius 1 is 1.16 bits per heavy atom. The number of carbonyl (C=O) groups is 1. The molecule has 0 saturated heterocycles. The molecule has 0 radical (unpaired) electrons. The van der Waals surface area contributed by atoms with Crippen LogP contribution in [0.25, 0.3) is 0 Å². The van der Waals surface area contributed by atoms with Gasteiger partial charge in [-0.3, -0.25) is 4.79 Å². The van der Waals surface area contributed by atoms with E-state index < -0.39 is 0 Å². The van der Waals surface area contributed by atoms with Crippen LogP contribution in [0.1, 0.15) is 53.9 Å². The minimum atomic E-state index is 0.00825. The molecule has 0 amide bonds. The van der Waals surface area contributed by atoms with Gasteiger partial charge in [0.15, 0.2) is 5.78 Å². The molecule has 102 valence electrons. The molecule has 0 aliphatic carbocycles. The van der Waals surface area contributed by atoms with Crippen molar-refractivity contribution in [3.8, 4) is 0 Å². The van der Waals surface area contributed by atoms with Gasteiger partial charge in [-0.05, 0) is 19.4 Å². The van der Waals surface area contributed by atoms with Gasteiger partial charge < -0.3 is 4.98 Å². The molecule has 1 heterocycles. The molecule has 0 unspecified atom stereocenters. The number of imidazole rings is 1. The van der Waals surface area contributed by atoms with Crippen molar-refractivity contribution < 1.29 is 4.79 Å². The van der Waals surface area contributed by atoms with Crippen molar-refractivity contribution in [1.29, 1.82) is 0 Å². The summed E-state index contributed by atoms with van der Waals surface area (Å²) in [6.45, 7) is 9.48. The summed E-state index contributed by atoms with van der Waals surface area (Å²) in [5.41, 5.74) is 3.83. The van der Waals surface area contributed by atoms with Crippen molar-refractivity contribution in [3.63, 3.8) is 0 Å². The quantitative estimate of drug-likeness (QED) is 0.850. The normalized spacial score (nSPS) is 9.74. The fourth-order valence-corrected chi connectivity index (χ4v) is 1.85. The van der Waals surface area contributed by atoms with Gasteiger partial charge in [0.25, 0.3) is 0 Å². The predicted molar refractivity (Wildman–Crippen MR) is 78.7 cm³/mol. The Morgan fingerprint density at radius 3 is 2.21 bits per heavy atom. The van der Waals surface area contributed by atoms with Crippen LogP contribution < -0.4 is 0 Å². The molecule has 0 aliphatic heterocycles. The lowest BCUT2D eigenvalue weighted by molar-refractivity contribution is 0.101. The molecule has 0 atom stereocenters. The summed E-state index contributed by atoms with van der Waals surface area (Å²) in [5.74, 6) is 0.852. The zero-order valence-electron chi connectivity index (χ0n) is 12.4. The van der Waals surface area contributed by atoms with Gasteiger partial charge in [0.1, 0.15) is 11.5 Å². The third-order valence-electron chi connectivity index (χ3n) is 2.76. The van der Waals surface area contributed by atoms with Crippen molar-refractivity contribution in [2.75, 3.05) is 0 Å². The SMILES string of the molecule is CC.CC(=O)c1nc(Cc2ccc(C)cc2)[nH]c1C. The monoisotopic (exact) mass is 258 g/mol. The van der Waals surface area contributed by atoms with Gasteiger partial charge in [0.2, 0.25) is 0 Å². The van der Waals surface area contributed by atoms with E-state index in [-0.39, 0.29) is 5.78 Å². The molecular weight excluding hydrogens is 236 g/mol. The molecule has 19 heavy (non-hydrogen) atoms. The zero-order chi connectivity index (χ0) is 14.4. The molecule has 1 aromatic heterocycles. The molecule has 0 aliphatic rings. The van der Waals surface area contributed by atoms with Crippen LogP contribution in [0.15, 0.2) is 24.3 Å². The Hall–Kier alpha value is -1.90. The number of ketones is 1. The van der Waals surface area contributed by atoms with Crippen molar-refractivity contribution in [3.05, 3.63) is 52.6 Å². The van der Waals surface area contributed by atoms with Crippen LogP contribution in [0.5, 0.6) is 0 Å². The van der Waals surface area contributed by atoms with Gasteiger partial charge in [-0.15, -0.1) is 0 Å². The maximum absolute atomic E-state index is 11.3. The highest BCUT2D eigenvalue weighted by atomic mass is 16.1. The Kier molecular flexibility index (Phi) is 5.49. The number of H-pyrrole nitrogens is 1. The molecular formula is C16H22N2O. The second-order valence-electron chi connectivity index (χ2n) is 4.38. The van der Waals surface area contributed by atoms with Crippen LogP contribution in [0.2, 0.25) is 0 Å². The highest BCUT2D eigenvalue weighted by Gasteiger charge is 2.10. The molecule has 1 N–H and O–H groups in total. The van der Waals surface area contributed by atoms with E-state index in [0.717, 1.165) is 17.9 Å². The highest BCUT2D eigenvalue weighted by Crippen LogP contribution is 2.11. The summed E-state index contributed by atoms with van der Waals surface area (Å²) >= 11 is 0. The van der Waals surface area contributed by atoms with Gasteiger partial charge in [-0.1, -0.05) is 43.7 Å². The number of hydrogen-bond donors (Lipinski definition) is 1. The van der Waals surface area contributed by atoms with Crippen LogP contribution in [0.3, 0.4) is 0 Å². The number of rotatable bonds is 3. The number of carbonyl (C=O) groups excluding carboxylic acids is 1. The number of hydrogen-bond acceptors (Lipinski definition) is 2. The van der Waals surface area contributed by atoms with Crippen molar-refractivity contribution in [2.45, 2.75) is 41.0 Å². The van der Waals surface area contributed by atoms with Crippen molar-refractivity contribution in [1.82, 2.24) is 9.97 Å². The second kappa shape index (κ2) is 6.88. The standard InChI is InChI=1S/C14H16N2O.C2H6/c1-9-4-6-12(7-5-9)8-13-15-10(2)14(16-13)11(3)17;1-2/h4-7H,8H2,1-3H3,(H,15,16);1-2H3. The average Bonchev–Trinajstić information content (AvgIpc) is 2.76.